The van der Waals surface area contributed by atoms with Crippen LogP contribution in [0.2, 0.25) is 0 Å². The van der Waals surface area contributed by atoms with Crippen LogP contribution in [0.25, 0.3) is 28.2 Å². The van der Waals surface area contributed by atoms with Crippen LogP contribution in [0.5, 0.6) is 5.75 Å². The summed E-state index contributed by atoms with van der Waals surface area (Å²) in [6.07, 6.45) is 1.94. The Labute approximate surface area is 269 Å². The minimum atomic E-state index is -4.76. The summed E-state index contributed by atoms with van der Waals surface area (Å²) in [5.41, 5.74) is 4.52. The molecule has 0 radical (unpaired) electrons. The van der Waals surface area contributed by atoms with Gasteiger partial charge in [0.1, 0.15) is 17.9 Å². The number of halogens is 3. The zero-order valence-electron chi connectivity index (χ0n) is 25.5. The number of aromatic nitrogens is 4. The highest BCUT2D eigenvalue weighted by molar-refractivity contribution is 7.98. The molecule has 2 amide bonds. The third-order valence-corrected chi connectivity index (χ3v) is 8.06. The van der Waals surface area contributed by atoms with Gasteiger partial charge in [-0.2, -0.15) is 0 Å². The van der Waals surface area contributed by atoms with E-state index in [9.17, 15) is 18.0 Å². The van der Waals surface area contributed by atoms with Gasteiger partial charge in [-0.25, -0.2) is 19.4 Å². The molecular weight excluding hydrogens is 613 g/mol. The number of hydrogen-bond donors (Lipinski definition) is 2. The highest BCUT2D eigenvalue weighted by Gasteiger charge is 2.31. The number of anilines is 2. The molecule has 0 unspecified atom stereocenters. The normalized spacial score (nSPS) is 12.0. The van der Waals surface area contributed by atoms with Crippen LogP contribution in [0.3, 0.4) is 0 Å². The Hall–Kier alpha value is -4.84. The van der Waals surface area contributed by atoms with Crippen LogP contribution in [-0.2, 0) is 0 Å². The maximum Gasteiger partial charge on any atom is 0.573 e. The minimum Gasteiger partial charge on any atom is -0.406 e. The first-order valence-corrected chi connectivity index (χ1v) is 16.0. The van der Waals surface area contributed by atoms with Gasteiger partial charge in [0.05, 0.1) is 5.69 Å². The predicted molar refractivity (Wildman–Crippen MR) is 176 cm³/mol. The molecule has 0 bridgehead atoms. The van der Waals surface area contributed by atoms with Crippen molar-refractivity contribution in [1.82, 2.24) is 19.7 Å². The number of carbonyl (C=O) groups is 1. The molecule has 5 rings (SSSR count). The lowest BCUT2D eigenvalue weighted by atomic mass is 9.98. The molecule has 12 heteroatoms. The molecule has 0 saturated carbocycles. The van der Waals surface area contributed by atoms with Gasteiger partial charge >= 0.3 is 12.4 Å². The average molecular weight is 647 g/mol. The van der Waals surface area contributed by atoms with Gasteiger partial charge in [0.25, 0.3) is 0 Å². The molecule has 8 nitrogen and oxygen atoms in total. The largest absolute Gasteiger partial charge is 0.573 e. The standard InChI is InChI=1S/C34H33F3N6O2S/c1-4-5-8-22(2)29-20-19-28(27-9-6-7-10-30(27)46-3)32(40-29)41-33(44)39-24-13-11-23(12-14-24)31-38-21-43(42-31)25-15-17-26(18-16-25)45-34(35,36)37/h6-7,9-22H,4-5,8H2,1-3H3,(H2,39,40,41,44)/t22-/m0/s1. The number of nitrogens with one attached hydrogen (secondary N) is 2. The van der Waals surface area contributed by atoms with E-state index in [1.165, 1.54) is 35.3 Å². The smallest absolute Gasteiger partial charge is 0.406 e. The van der Waals surface area contributed by atoms with Crippen LogP contribution < -0.4 is 15.4 Å². The Bertz CT molecular complexity index is 1780. The van der Waals surface area contributed by atoms with E-state index >= 15 is 0 Å². The first-order chi connectivity index (χ1) is 22.1. The van der Waals surface area contributed by atoms with Crippen LogP contribution in [-0.4, -0.2) is 38.4 Å². The number of ether oxygens (including phenoxy) is 1. The summed E-state index contributed by atoms with van der Waals surface area (Å²) in [5.74, 6) is 0.821. The van der Waals surface area contributed by atoms with Gasteiger partial charge in [0, 0.05) is 27.4 Å². The highest BCUT2D eigenvalue weighted by Crippen LogP contribution is 2.35. The van der Waals surface area contributed by atoms with E-state index in [4.69, 9.17) is 4.98 Å². The molecule has 3 aromatic carbocycles. The van der Waals surface area contributed by atoms with E-state index in [2.05, 4.69) is 39.3 Å². The van der Waals surface area contributed by atoms with Crippen molar-refractivity contribution in [2.45, 2.75) is 50.3 Å². The molecule has 1 atom stereocenters. The molecule has 0 aliphatic rings. The van der Waals surface area contributed by atoms with Crippen LogP contribution >= 0.6 is 11.8 Å². The Morgan fingerprint density at radius 3 is 2.39 bits per heavy atom. The number of thioether (sulfide) groups is 1. The number of carbonyl (C=O) groups excluding carboxylic acids is 1. The maximum absolute atomic E-state index is 13.2. The average Bonchev–Trinajstić information content (AvgIpc) is 3.54. The highest BCUT2D eigenvalue weighted by atomic mass is 32.2. The van der Waals surface area contributed by atoms with Crippen LogP contribution in [0.1, 0.15) is 44.7 Å². The molecular formula is C34H33F3N6O2S. The van der Waals surface area contributed by atoms with Gasteiger partial charge in [-0.15, -0.1) is 30.0 Å². The fourth-order valence-electron chi connectivity index (χ4n) is 4.88. The second-order valence-corrected chi connectivity index (χ2v) is 11.4. The molecule has 46 heavy (non-hydrogen) atoms. The summed E-state index contributed by atoms with van der Waals surface area (Å²) in [4.78, 5) is 23.5. The molecule has 0 fully saturated rings. The van der Waals surface area contributed by atoms with E-state index in [1.54, 1.807) is 36.0 Å². The topological polar surface area (TPSA) is 94.0 Å². The van der Waals surface area contributed by atoms with E-state index in [0.29, 0.717) is 28.6 Å². The Morgan fingerprint density at radius 2 is 1.70 bits per heavy atom. The number of nitrogens with zero attached hydrogens (tertiary/aromatic N) is 4. The summed E-state index contributed by atoms with van der Waals surface area (Å²) in [6, 6.07) is 24.0. The van der Waals surface area contributed by atoms with Crippen LogP contribution in [0.4, 0.5) is 29.5 Å². The number of rotatable bonds is 11. The predicted octanol–water partition coefficient (Wildman–Crippen LogP) is 9.55. The number of alkyl halides is 3. The Kier molecular flexibility index (Phi) is 10.3. The monoisotopic (exact) mass is 646 g/mol. The number of pyridine rings is 1. The number of urea groups is 1. The molecule has 0 aliphatic heterocycles. The molecule has 2 aromatic heterocycles. The van der Waals surface area contributed by atoms with E-state index in [-0.39, 0.29) is 11.7 Å². The molecule has 5 aromatic rings. The fraction of sp³-hybridized carbons (Fsp3) is 0.235. The van der Waals surface area contributed by atoms with Crippen molar-refractivity contribution < 1.29 is 22.7 Å². The molecule has 0 saturated heterocycles. The minimum absolute atomic E-state index is 0.251. The van der Waals surface area contributed by atoms with Crippen LogP contribution in [0, 0.1) is 0 Å². The van der Waals surface area contributed by atoms with Crippen molar-refractivity contribution in [1.29, 1.82) is 0 Å². The maximum atomic E-state index is 13.2. The van der Waals surface area contributed by atoms with Crippen molar-refractivity contribution in [3.05, 3.63) is 97.0 Å². The SMILES string of the molecule is CCCC[C@H](C)c1ccc(-c2ccccc2SC)c(NC(=O)Nc2ccc(-c3ncn(-c4ccc(OC(F)(F)F)cc4)n3)cc2)n1. The first kappa shape index (κ1) is 32.6. The zero-order chi connectivity index (χ0) is 32.7. The quantitative estimate of drug-likeness (QED) is 0.139. The van der Waals surface area contributed by atoms with Gasteiger partial charge in [-0.1, -0.05) is 44.9 Å². The fourth-order valence-corrected chi connectivity index (χ4v) is 5.49. The second-order valence-electron chi connectivity index (χ2n) is 10.6. The summed E-state index contributed by atoms with van der Waals surface area (Å²) in [7, 11) is 0. The summed E-state index contributed by atoms with van der Waals surface area (Å²) in [5, 5.41) is 10.3. The molecule has 0 spiro atoms. The number of unbranched alkanes of at least 4 members (excludes halogenated alkanes) is 1. The van der Waals surface area contributed by atoms with Gasteiger partial charge in [0.2, 0.25) is 0 Å². The molecule has 238 valence electrons. The number of amides is 2. The zero-order valence-corrected chi connectivity index (χ0v) is 26.3. The van der Waals surface area contributed by atoms with E-state index in [0.717, 1.165) is 41.0 Å². The second kappa shape index (κ2) is 14.5. The van der Waals surface area contributed by atoms with Crippen molar-refractivity contribution in [2.75, 3.05) is 16.9 Å². The number of hydrogen-bond acceptors (Lipinski definition) is 6. The van der Waals surface area contributed by atoms with Crippen molar-refractivity contribution in [2.24, 2.45) is 0 Å². The first-order valence-electron chi connectivity index (χ1n) is 14.7. The Morgan fingerprint density at radius 1 is 0.957 bits per heavy atom. The van der Waals surface area contributed by atoms with Crippen molar-refractivity contribution >= 4 is 29.3 Å². The summed E-state index contributed by atoms with van der Waals surface area (Å²) >= 11 is 1.63. The van der Waals surface area contributed by atoms with E-state index < -0.39 is 12.4 Å². The van der Waals surface area contributed by atoms with Gasteiger partial charge in [-0.05, 0) is 90.9 Å². The third kappa shape index (κ3) is 8.25. The van der Waals surface area contributed by atoms with Gasteiger partial charge in [0.15, 0.2) is 5.82 Å². The molecule has 2 heterocycles. The number of benzene rings is 3. The van der Waals surface area contributed by atoms with Gasteiger partial charge < -0.3 is 10.1 Å². The van der Waals surface area contributed by atoms with Crippen LogP contribution in [0.15, 0.2) is 96.2 Å². The Balaban J connectivity index is 1.30. The third-order valence-electron chi connectivity index (χ3n) is 7.27. The lowest BCUT2D eigenvalue weighted by Crippen LogP contribution is -2.21. The molecule has 0 aliphatic carbocycles. The van der Waals surface area contributed by atoms with Crippen molar-refractivity contribution in [3.63, 3.8) is 0 Å². The summed E-state index contributed by atoms with van der Waals surface area (Å²) in [6.45, 7) is 4.32. The lowest BCUT2D eigenvalue weighted by molar-refractivity contribution is -0.274. The van der Waals surface area contributed by atoms with E-state index in [1.807, 2.05) is 42.7 Å². The van der Waals surface area contributed by atoms with Gasteiger partial charge in [-0.3, -0.25) is 5.32 Å². The lowest BCUT2D eigenvalue weighted by Gasteiger charge is -2.17. The van der Waals surface area contributed by atoms with Crippen molar-refractivity contribution in [3.8, 4) is 34.0 Å². The summed E-state index contributed by atoms with van der Waals surface area (Å²) < 4.78 is 42.7. The molecule has 2 N–H and O–H groups in total.